The fraction of sp³-hybridized carbons (Fsp3) is 0.357. The predicted octanol–water partition coefficient (Wildman–Crippen LogP) is 0.696. The number of carbonyl (C=O) groups excluding carboxylic acids is 6. The van der Waals surface area contributed by atoms with Gasteiger partial charge in [0.2, 0.25) is 5.91 Å². The van der Waals surface area contributed by atoms with Gasteiger partial charge in [-0.3, -0.25) is 28.8 Å². The summed E-state index contributed by atoms with van der Waals surface area (Å²) in [6, 6.07) is 9.77. The Bertz CT molecular complexity index is 1460. The molecule has 5 rings (SSSR count). The number of aliphatic hydroxyl groups is 1. The summed E-state index contributed by atoms with van der Waals surface area (Å²) < 4.78 is 0. The van der Waals surface area contributed by atoms with E-state index in [2.05, 4.69) is 0 Å². The standard InChI is InChI=1S/C28H26N2O8/c1-30(2)27(37)13-5-3-4-12(8-13)16-6-7-18(31)21-17(16)10-14-9-15-11-19(32)22(26(29)36)25(35)28(15,38)24(34)20(14)23(21)33/h3-8,14-15,20,22,31,38H,9-11H2,1-2H3,(H2,29,36)/t14-,15+,20?,22?,28+/m1/s1. The van der Waals surface area contributed by atoms with Crippen LogP contribution < -0.4 is 5.73 Å². The molecule has 38 heavy (non-hydrogen) atoms. The van der Waals surface area contributed by atoms with Gasteiger partial charge in [-0.25, -0.2) is 0 Å². The average Bonchev–Trinajstić information content (AvgIpc) is 2.85. The zero-order valence-electron chi connectivity index (χ0n) is 20.8. The summed E-state index contributed by atoms with van der Waals surface area (Å²) in [6.07, 6.45) is -0.232. The summed E-state index contributed by atoms with van der Waals surface area (Å²) in [6.45, 7) is 0. The third-order valence-electron chi connectivity index (χ3n) is 8.11. The van der Waals surface area contributed by atoms with Gasteiger partial charge in [0.15, 0.2) is 34.7 Å². The molecule has 10 nitrogen and oxygen atoms in total. The van der Waals surface area contributed by atoms with Crippen LogP contribution in [0.3, 0.4) is 0 Å². The smallest absolute Gasteiger partial charge is 0.253 e. The van der Waals surface area contributed by atoms with E-state index in [0.29, 0.717) is 22.3 Å². The molecule has 0 aromatic heterocycles. The molecule has 0 heterocycles. The van der Waals surface area contributed by atoms with Crippen LogP contribution in [-0.4, -0.2) is 69.8 Å². The van der Waals surface area contributed by atoms with Crippen molar-refractivity contribution in [2.24, 2.45) is 29.4 Å². The molecule has 0 saturated heterocycles. The van der Waals surface area contributed by atoms with Gasteiger partial charge in [-0.15, -0.1) is 0 Å². The molecule has 3 aliphatic rings. The van der Waals surface area contributed by atoms with Crippen LogP contribution in [0.2, 0.25) is 0 Å². The third-order valence-corrected chi connectivity index (χ3v) is 8.11. The molecule has 5 atom stereocenters. The number of primary amides is 1. The van der Waals surface area contributed by atoms with Crippen molar-refractivity contribution < 1.29 is 39.0 Å². The number of fused-ring (bicyclic) bond motifs is 3. The minimum absolute atomic E-state index is 0.00923. The van der Waals surface area contributed by atoms with Gasteiger partial charge in [-0.2, -0.15) is 0 Å². The molecule has 0 aliphatic heterocycles. The highest BCUT2D eigenvalue weighted by atomic mass is 16.3. The van der Waals surface area contributed by atoms with E-state index in [1.54, 1.807) is 44.4 Å². The SMILES string of the molecule is CN(C)C(=O)c1cccc(-c2ccc(O)c3c2C[C@H]2C[C@H]4CC(=O)C(C(N)=O)C(=O)[C@@]4(O)C(=O)C2C3=O)c1. The number of aromatic hydroxyl groups is 1. The molecule has 3 aliphatic carbocycles. The van der Waals surface area contributed by atoms with E-state index in [-0.39, 0.29) is 30.1 Å². The van der Waals surface area contributed by atoms with Gasteiger partial charge in [-0.1, -0.05) is 18.2 Å². The number of nitrogens with zero attached hydrogens (tertiary/aromatic N) is 1. The molecule has 10 heteroatoms. The van der Waals surface area contributed by atoms with Crippen molar-refractivity contribution in [1.29, 1.82) is 0 Å². The van der Waals surface area contributed by atoms with E-state index < -0.39 is 64.7 Å². The van der Waals surface area contributed by atoms with Crippen molar-refractivity contribution in [3.63, 3.8) is 0 Å². The fourth-order valence-corrected chi connectivity index (χ4v) is 6.32. The van der Waals surface area contributed by atoms with Crippen LogP contribution in [0.25, 0.3) is 11.1 Å². The number of ketones is 4. The Morgan fingerprint density at radius 2 is 1.74 bits per heavy atom. The maximum absolute atomic E-state index is 13.7. The molecule has 196 valence electrons. The molecule has 0 spiro atoms. The first-order chi connectivity index (χ1) is 17.9. The maximum atomic E-state index is 13.7. The Labute approximate surface area is 217 Å². The van der Waals surface area contributed by atoms with E-state index in [0.717, 1.165) is 0 Å². The summed E-state index contributed by atoms with van der Waals surface area (Å²) in [4.78, 5) is 78.6. The van der Waals surface area contributed by atoms with Gasteiger partial charge in [0.05, 0.1) is 11.5 Å². The van der Waals surface area contributed by atoms with Gasteiger partial charge in [0.25, 0.3) is 5.91 Å². The first kappa shape index (κ1) is 25.5. The van der Waals surface area contributed by atoms with E-state index in [1.165, 1.54) is 11.0 Å². The third kappa shape index (κ3) is 3.51. The van der Waals surface area contributed by atoms with Crippen molar-refractivity contribution in [3.05, 3.63) is 53.1 Å². The lowest BCUT2D eigenvalue weighted by Gasteiger charge is -2.48. The van der Waals surface area contributed by atoms with Crippen LogP contribution in [0.5, 0.6) is 5.75 Å². The molecule has 4 N–H and O–H groups in total. The summed E-state index contributed by atoms with van der Waals surface area (Å²) in [5.74, 6) is -10.8. The second-order valence-corrected chi connectivity index (χ2v) is 10.5. The van der Waals surface area contributed by atoms with Crippen molar-refractivity contribution in [2.75, 3.05) is 14.1 Å². The summed E-state index contributed by atoms with van der Waals surface area (Å²) >= 11 is 0. The Kier molecular flexibility index (Phi) is 5.83. The Balaban J connectivity index is 1.60. The number of benzene rings is 2. The van der Waals surface area contributed by atoms with Crippen LogP contribution in [-0.2, 0) is 25.6 Å². The number of Topliss-reactive ketones (excluding diaryl/α,β-unsaturated/α-hetero) is 4. The Hall–Kier alpha value is -4.18. The quantitative estimate of drug-likeness (QED) is 0.498. The summed E-state index contributed by atoms with van der Waals surface area (Å²) in [5, 5.41) is 21.9. The highest BCUT2D eigenvalue weighted by Crippen LogP contribution is 2.51. The minimum atomic E-state index is -2.68. The molecule has 0 bridgehead atoms. The van der Waals surface area contributed by atoms with Crippen molar-refractivity contribution >= 4 is 34.9 Å². The molecule has 2 amide bonds. The van der Waals surface area contributed by atoms with E-state index >= 15 is 0 Å². The molecule has 2 saturated carbocycles. The van der Waals surface area contributed by atoms with Crippen molar-refractivity contribution in [1.82, 2.24) is 4.90 Å². The van der Waals surface area contributed by atoms with Gasteiger partial charge in [0, 0.05) is 32.0 Å². The largest absolute Gasteiger partial charge is 0.507 e. The van der Waals surface area contributed by atoms with Crippen LogP contribution in [0.15, 0.2) is 36.4 Å². The predicted molar refractivity (Wildman–Crippen MR) is 132 cm³/mol. The average molecular weight is 519 g/mol. The second-order valence-electron chi connectivity index (χ2n) is 10.5. The molecule has 2 aromatic rings. The van der Waals surface area contributed by atoms with E-state index in [1.807, 2.05) is 0 Å². The normalized spacial score (nSPS) is 28.3. The topological polar surface area (TPSA) is 172 Å². The lowest BCUT2D eigenvalue weighted by atomic mass is 9.53. The van der Waals surface area contributed by atoms with Crippen LogP contribution in [0, 0.1) is 23.7 Å². The molecule has 2 unspecified atom stereocenters. The fourth-order valence-electron chi connectivity index (χ4n) is 6.32. The maximum Gasteiger partial charge on any atom is 0.253 e. The number of phenolic OH excluding ortho intramolecular Hbond substituents is 1. The highest BCUT2D eigenvalue weighted by Gasteiger charge is 2.66. The monoisotopic (exact) mass is 518 g/mol. The Morgan fingerprint density at radius 3 is 2.39 bits per heavy atom. The number of hydrogen-bond acceptors (Lipinski definition) is 8. The second kappa shape index (κ2) is 8.70. The van der Waals surface area contributed by atoms with Crippen LogP contribution in [0.1, 0.15) is 39.1 Å². The lowest BCUT2D eigenvalue weighted by molar-refractivity contribution is -0.175. The number of nitrogens with two attached hydrogens (primary N) is 1. The van der Waals surface area contributed by atoms with Crippen molar-refractivity contribution in [2.45, 2.75) is 24.9 Å². The minimum Gasteiger partial charge on any atom is -0.507 e. The first-order valence-electron chi connectivity index (χ1n) is 12.2. The zero-order chi connectivity index (χ0) is 27.7. The molecule has 2 fully saturated rings. The van der Waals surface area contributed by atoms with Crippen molar-refractivity contribution in [3.8, 4) is 16.9 Å². The number of carbonyl (C=O) groups is 6. The van der Waals surface area contributed by atoms with Crippen LogP contribution >= 0.6 is 0 Å². The van der Waals surface area contributed by atoms with Gasteiger partial charge in [-0.05, 0) is 53.6 Å². The summed E-state index contributed by atoms with van der Waals surface area (Å²) in [5.41, 5.74) is 4.56. The van der Waals surface area contributed by atoms with Gasteiger partial charge >= 0.3 is 0 Å². The Morgan fingerprint density at radius 1 is 1.03 bits per heavy atom. The molecule has 2 aromatic carbocycles. The van der Waals surface area contributed by atoms with E-state index in [9.17, 15) is 39.0 Å². The number of rotatable bonds is 3. The van der Waals surface area contributed by atoms with Gasteiger partial charge in [0.1, 0.15) is 5.75 Å². The number of amides is 2. The lowest BCUT2D eigenvalue weighted by Crippen LogP contribution is -2.68. The number of hydrogen-bond donors (Lipinski definition) is 3. The highest BCUT2D eigenvalue weighted by molar-refractivity contribution is 6.31. The molecular weight excluding hydrogens is 492 g/mol. The number of phenols is 1. The molecular formula is C28H26N2O8. The summed E-state index contributed by atoms with van der Waals surface area (Å²) in [7, 11) is 3.26. The zero-order valence-corrected chi connectivity index (χ0v) is 20.8. The van der Waals surface area contributed by atoms with Gasteiger partial charge < -0.3 is 20.8 Å². The first-order valence-corrected chi connectivity index (χ1v) is 12.2. The van der Waals surface area contributed by atoms with Crippen LogP contribution in [0.4, 0.5) is 0 Å². The van der Waals surface area contributed by atoms with E-state index in [4.69, 9.17) is 5.73 Å². The molecule has 0 radical (unpaired) electrons.